The van der Waals surface area contributed by atoms with Gasteiger partial charge in [-0.05, 0) is 80.0 Å². The normalized spacial score (nSPS) is 49.8. The van der Waals surface area contributed by atoms with Crippen LogP contribution in [-0.2, 0) is 9.53 Å². The van der Waals surface area contributed by atoms with E-state index in [2.05, 4.69) is 6.92 Å². The molecule has 26 heavy (non-hydrogen) atoms. The van der Waals surface area contributed by atoms with Crippen LogP contribution in [0.15, 0.2) is 11.6 Å². The minimum Gasteiger partial charge on any atom is -0.374 e. The monoisotopic (exact) mass is 364 g/mol. The molecule has 0 aromatic carbocycles. The fourth-order valence-corrected chi connectivity index (χ4v) is 7.19. The number of fused-ring (bicyclic) bond motifs is 5. The Labute approximate surface area is 154 Å². The Bertz CT molecular complexity index is 667. The lowest BCUT2D eigenvalue weighted by Gasteiger charge is -2.58. The molecule has 144 valence electrons. The van der Waals surface area contributed by atoms with Crippen molar-refractivity contribution >= 4 is 5.78 Å². The van der Waals surface area contributed by atoms with Crippen LogP contribution in [0, 0.1) is 28.6 Å². The van der Waals surface area contributed by atoms with Gasteiger partial charge in [-0.15, -0.1) is 0 Å². The van der Waals surface area contributed by atoms with Gasteiger partial charge in [0.2, 0.25) is 5.78 Å². The van der Waals surface area contributed by atoms with Crippen molar-refractivity contribution in [3.8, 4) is 0 Å². The number of ketones is 1. The van der Waals surface area contributed by atoms with E-state index in [1.165, 1.54) is 19.3 Å². The molecular weight excluding hydrogens is 334 g/mol. The number of alkyl halides is 2. The number of halogens is 2. The number of carbonyl (C=O) groups is 1. The van der Waals surface area contributed by atoms with Crippen molar-refractivity contribution in [2.75, 3.05) is 0 Å². The maximum absolute atomic E-state index is 14.7. The van der Waals surface area contributed by atoms with Crippen molar-refractivity contribution in [3.63, 3.8) is 0 Å². The molecule has 0 saturated heterocycles. The summed E-state index contributed by atoms with van der Waals surface area (Å²) in [5, 5.41) is 0. The zero-order chi connectivity index (χ0) is 18.3. The van der Waals surface area contributed by atoms with Crippen molar-refractivity contribution in [2.45, 2.75) is 89.8 Å². The first-order valence-corrected chi connectivity index (χ1v) is 10.5. The van der Waals surface area contributed by atoms with Crippen molar-refractivity contribution < 1.29 is 18.3 Å². The fraction of sp³-hybridized carbons (Fsp3) is 0.864. The molecule has 0 aliphatic heterocycles. The summed E-state index contributed by atoms with van der Waals surface area (Å²) in [6, 6.07) is 0. The van der Waals surface area contributed by atoms with Gasteiger partial charge < -0.3 is 4.74 Å². The van der Waals surface area contributed by atoms with E-state index in [1.807, 2.05) is 6.92 Å². The summed E-state index contributed by atoms with van der Waals surface area (Å²) >= 11 is 0. The molecule has 4 heteroatoms. The van der Waals surface area contributed by atoms with E-state index in [0.29, 0.717) is 36.4 Å². The van der Waals surface area contributed by atoms with E-state index in [-0.39, 0.29) is 17.4 Å². The van der Waals surface area contributed by atoms with Crippen LogP contribution >= 0.6 is 0 Å². The first-order valence-electron chi connectivity index (χ1n) is 10.5. The van der Waals surface area contributed by atoms with E-state index in [1.54, 1.807) is 6.08 Å². The smallest absolute Gasteiger partial charge is 0.327 e. The highest BCUT2D eigenvalue weighted by molar-refractivity contribution is 5.90. The van der Waals surface area contributed by atoms with Crippen molar-refractivity contribution in [3.05, 3.63) is 11.6 Å². The Morgan fingerprint density at radius 3 is 2.54 bits per heavy atom. The summed E-state index contributed by atoms with van der Waals surface area (Å²) in [5.41, 5.74) is -0.148. The Morgan fingerprint density at radius 1 is 1.04 bits per heavy atom. The highest BCUT2D eigenvalue weighted by atomic mass is 19.3. The van der Waals surface area contributed by atoms with Crippen LogP contribution in [0.3, 0.4) is 0 Å². The molecule has 0 spiro atoms. The molecule has 0 aromatic heterocycles. The third kappa shape index (κ3) is 2.20. The van der Waals surface area contributed by atoms with Gasteiger partial charge in [0.05, 0.1) is 12.2 Å². The van der Waals surface area contributed by atoms with Crippen LogP contribution in [0.1, 0.15) is 71.6 Å². The quantitative estimate of drug-likeness (QED) is 0.621. The average molecular weight is 364 g/mol. The van der Waals surface area contributed by atoms with Crippen LogP contribution in [0.5, 0.6) is 0 Å². The average Bonchev–Trinajstić information content (AvgIpc) is 3.34. The lowest BCUT2D eigenvalue weighted by Crippen LogP contribution is -2.55. The first kappa shape index (κ1) is 17.3. The van der Waals surface area contributed by atoms with Gasteiger partial charge in [-0.1, -0.05) is 19.9 Å². The summed E-state index contributed by atoms with van der Waals surface area (Å²) in [5.74, 6) is -2.78. The number of ether oxygens (including phenoxy) is 1. The number of hydrogen-bond acceptors (Lipinski definition) is 2. The fourth-order valence-electron chi connectivity index (χ4n) is 7.19. The summed E-state index contributed by atoms with van der Waals surface area (Å²) in [7, 11) is 0. The van der Waals surface area contributed by atoms with Gasteiger partial charge in [0.1, 0.15) is 0 Å². The second-order valence-corrected chi connectivity index (χ2v) is 10.1. The maximum atomic E-state index is 14.7. The predicted molar refractivity (Wildman–Crippen MR) is 94.9 cm³/mol. The Hall–Kier alpha value is -0.770. The van der Waals surface area contributed by atoms with E-state index < -0.39 is 17.1 Å². The minimum atomic E-state index is -3.24. The number of rotatable bonds is 2. The molecule has 0 aromatic rings. The summed E-state index contributed by atoms with van der Waals surface area (Å²) in [4.78, 5) is 11.9. The van der Waals surface area contributed by atoms with Gasteiger partial charge in [-0.25, -0.2) is 0 Å². The number of carbonyl (C=O) groups excluding carboxylic acids is 1. The molecule has 0 N–H and O–H groups in total. The number of hydrogen-bond donors (Lipinski definition) is 0. The highest BCUT2D eigenvalue weighted by Gasteiger charge is 2.63. The first-order chi connectivity index (χ1) is 12.3. The van der Waals surface area contributed by atoms with Gasteiger partial charge in [0, 0.05) is 12.0 Å². The van der Waals surface area contributed by atoms with Gasteiger partial charge in [0.25, 0.3) is 0 Å². The predicted octanol–water partition coefficient (Wildman–Crippen LogP) is 5.31. The van der Waals surface area contributed by atoms with E-state index in [0.717, 1.165) is 25.7 Å². The lowest BCUT2D eigenvalue weighted by molar-refractivity contribution is -0.150. The van der Waals surface area contributed by atoms with Crippen molar-refractivity contribution in [2.24, 2.45) is 28.6 Å². The third-order valence-corrected chi connectivity index (χ3v) is 8.82. The SMILES string of the molecule is C[C@]12CCC(=O)C(F)(F)C1=CC[C@@H]1[C@@H]2CC[C@]2(C)C(OC3CC3)CC[C@@H]12. The van der Waals surface area contributed by atoms with Crippen LogP contribution in [0.2, 0.25) is 0 Å². The molecule has 0 amide bonds. The van der Waals surface area contributed by atoms with Crippen LogP contribution in [0.4, 0.5) is 8.78 Å². The third-order valence-electron chi connectivity index (χ3n) is 8.82. The Kier molecular flexibility index (Phi) is 3.60. The maximum Gasteiger partial charge on any atom is 0.327 e. The molecule has 6 atom stereocenters. The molecular formula is C22H30F2O2. The van der Waals surface area contributed by atoms with Crippen molar-refractivity contribution in [1.82, 2.24) is 0 Å². The Balaban J connectivity index is 1.46. The van der Waals surface area contributed by atoms with Crippen molar-refractivity contribution in [1.29, 1.82) is 0 Å². The van der Waals surface area contributed by atoms with E-state index >= 15 is 0 Å². The topological polar surface area (TPSA) is 26.3 Å². The second kappa shape index (κ2) is 5.40. The molecule has 4 fully saturated rings. The molecule has 0 bridgehead atoms. The zero-order valence-corrected chi connectivity index (χ0v) is 15.9. The largest absolute Gasteiger partial charge is 0.374 e. The molecule has 0 heterocycles. The van der Waals surface area contributed by atoms with Crippen LogP contribution in [-0.4, -0.2) is 23.9 Å². The lowest BCUT2D eigenvalue weighted by atomic mass is 9.47. The van der Waals surface area contributed by atoms with Gasteiger partial charge in [-0.2, -0.15) is 8.78 Å². The van der Waals surface area contributed by atoms with Gasteiger partial charge in [0.15, 0.2) is 0 Å². The van der Waals surface area contributed by atoms with Gasteiger partial charge in [-0.3, -0.25) is 4.79 Å². The Morgan fingerprint density at radius 2 is 1.81 bits per heavy atom. The molecule has 5 aliphatic rings. The van der Waals surface area contributed by atoms with Crippen LogP contribution in [0.25, 0.3) is 0 Å². The summed E-state index contributed by atoms with van der Waals surface area (Å²) in [6.45, 7) is 4.42. The standard InChI is InChI=1S/C22H30F2O2/c1-20-12-10-18(25)22(23,24)17(20)7-5-14-15-6-8-19(26-13-3-4-13)21(15,2)11-9-16(14)20/h7,13-16,19H,3-6,8-12H2,1-2H3/t14-,15-,16-,19?,20+,21-/m0/s1. The minimum absolute atomic E-state index is 0.0272. The van der Waals surface area contributed by atoms with E-state index in [9.17, 15) is 13.6 Å². The number of allylic oxidation sites excluding steroid dienone is 2. The molecule has 2 nitrogen and oxygen atoms in total. The molecule has 0 radical (unpaired) electrons. The highest BCUT2D eigenvalue weighted by Crippen LogP contribution is 2.66. The number of Topliss-reactive ketones (excluding diaryl/α,β-unsaturated/α-hetero) is 1. The van der Waals surface area contributed by atoms with E-state index in [4.69, 9.17) is 4.74 Å². The van der Waals surface area contributed by atoms with Crippen LogP contribution < -0.4 is 0 Å². The summed E-state index contributed by atoms with van der Waals surface area (Å²) in [6.07, 6.45) is 10.7. The zero-order valence-electron chi connectivity index (χ0n) is 15.9. The molecule has 5 aliphatic carbocycles. The second-order valence-electron chi connectivity index (χ2n) is 10.1. The van der Waals surface area contributed by atoms with Gasteiger partial charge >= 0.3 is 5.92 Å². The molecule has 5 rings (SSSR count). The summed E-state index contributed by atoms with van der Waals surface area (Å²) < 4.78 is 35.7. The molecule has 1 unspecified atom stereocenters. The molecule has 4 saturated carbocycles.